The van der Waals surface area contributed by atoms with Crippen LogP contribution in [-0.2, 0) is 19.1 Å². The first-order valence-electron chi connectivity index (χ1n) is 10.5. The summed E-state index contributed by atoms with van der Waals surface area (Å²) in [5.74, 6) is -2.19. The number of rotatable bonds is 7. The predicted molar refractivity (Wildman–Crippen MR) is 108 cm³/mol. The molecule has 0 aromatic heterocycles. The minimum atomic E-state index is -1.08. The van der Waals surface area contributed by atoms with E-state index in [-0.39, 0.29) is 42.5 Å². The Morgan fingerprint density at radius 2 is 1.87 bits per heavy atom. The SMILES string of the molecule is NC(=O)[C@@H](C(=O)Nc1ccc(N2CCOCC2=O)c(F)c1)N(C1CCC1)C1CCC1. The molecule has 4 rings (SSSR count). The number of benzene rings is 1. The summed E-state index contributed by atoms with van der Waals surface area (Å²) in [7, 11) is 0. The Bertz CT molecular complexity index is 826. The average Bonchev–Trinajstić information content (AvgIpc) is 2.59. The summed E-state index contributed by atoms with van der Waals surface area (Å²) in [6.07, 6.45) is 5.95. The van der Waals surface area contributed by atoms with Gasteiger partial charge >= 0.3 is 0 Å². The van der Waals surface area contributed by atoms with Gasteiger partial charge in [0.15, 0.2) is 6.04 Å². The third-order valence-electron chi connectivity index (χ3n) is 6.30. The maximum absolute atomic E-state index is 14.7. The molecule has 30 heavy (non-hydrogen) atoms. The summed E-state index contributed by atoms with van der Waals surface area (Å²) in [5.41, 5.74) is 5.98. The molecule has 1 saturated heterocycles. The molecule has 0 spiro atoms. The van der Waals surface area contributed by atoms with Gasteiger partial charge in [0.25, 0.3) is 11.8 Å². The highest BCUT2D eigenvalue weighted by molar-refractivity contribution is 6.09. The first-order valence-corrected chi connectivity index (χ1v) is 10.5. The fourth-order valence-corrected chi connectivity index (χ4v) is 4.29. The maximum Gasteiger partial charge on any atom is 0.253 e. The summed E-state index contributed by atoms with van der Waals surface area (Å²) in [6.45, 7) is 0.515. The van der Waals surface area contributed by atoms with Crippen LogP contribution in [0.1, 0.15) is 38.5 Å². The molecule has 1 atom stereocenters. The van der Waals surface area contributed by atoms with Crippen LogP contribution < -0.4 is 16.0 Å². The van der Waals surface area contributed by atoms with Gasteiger partial charge in [-0.1, -0.05) is 12.8 Å². The highest BCUT2D eigenvalue weighted by atomic mass is 19.1. The lowest BCUT2D eigenvalue weighted by Crippen LogP contribution is -2.62. The smallest absolute Gasteiger partial charge is 0.253 e. The Morgan fingerprint density at radius 1 is 1.20 bits per heavy atom. The lowest BCUT2D eigenvalue weighted by atomic mass is 9.83. The van der Waals surface area contributed by atoms with E-state index in [0.717, 1.165) is 44.6 Å². The van der Waals surface area contributed by atoms with Crippen LogP contribution >= 0.6 is 0 Å². The van der Waals surface area contributed by atoms with E-state index in [9.17, 15) is 18.8 Å². The van der Waals surface area contributed by atoms with Crippen LogP contribution in [-0.4, -0.2) is 60.5 Å². The van der Waals surface area contributed by atoms with E-state index >= 15 is 0 Å². The van der Waals surface area contributed by atoms with Crippen LogP contribution in [0.5, 0.6) is 0 Å². The lowest BCUT2D eigenvalue weighted by molar-refractivity contribution is -0.138. The Kier molecular flexibility index (Phi) is 6.01. The molecule has 162 valence electrons. The minimum Gasteiger partial charge on any atom is -0.370 e. The summed E-state index contributed by atoms with van der Waals surface area (Å²) >= 11 is 0. The highest BCUT2D eigenvalue weighted by Gasteiger charge is 2.43. The predicted octanol–water partition coefficient (Wildman–Crippen LogP) is 1.39. The summed E-state index contributed by atoms with van der Waals surface area (Å²) in [5, 5.41) is 2.64. The van der Waals surface area contributed by atoms with Crippen LogP contribution in [0.15, 0.2) is 18.2 Å². The Morgan fingerprint density at radius 3 is 2.37 bits per heavy atom. The molecule has 0 bridgehead atoms. The second kappa shape index (κ2) is 8.69. The zero-order valence-corrected chi connectivity index (χ0v) is 16.8. The molecule has 2 saturated carbocycles. The largest absolute Gasteiger partial charge is 0.370 e. The third-order valence-corrected chi connectivity index (χ3v) is 6.30. The molecular formula is C21H27FN4O4. The molecule has 0 unspecified atom stereocenters. The minimum absolute atomic E-state index is 0.0869. The third kappa shape index (κ3) is 4.04. The van der Waals surface area contributed by atoms with E-state index < -0.39 is 23.7 Å². The number of morpholine rings is 1. The van der Waals surface area contributed by atoms with Crippen LogP contribution in [0.4, 0.5) is 15.8 Å². The molecule has 1 aromatic rings. The molecular weight excluding hydrogens is 391 g/mol. The van der Waals surface area contributed by atoms with Gasteiger partial charge in [-0.15, -0.1) is 0 Å². The van der Waals surface area contributed by atoms with Gasteiger partial charge in [0.2, 0.25) is 5.91 Å². The zero-order valence-electron chi connectivity index (χ0n) is 16.8. The molecule has 2 aliphatic carbocycles. The lowest BCUT2D eigenvalue weighted by Gasteiger charge is -2.48. The van der Waals surface area contributed by atoms with E-state index in [1.807, 2.05) is 4.90 Å². The van der Waals surface area contributed by atoms with E-state index in [4.69, 9.17) is 10.5 Å². The standard InChI is InChI=1S/C21H27FN4O4/c22-16-11-13(7-8-17(16)25-9-10-30-12-18(25)27)24-21(29)19(20(23)28)26(14-3-1-4-14)15-5-2-6-15/h7-8,11,14-15,19H,1-6,9-10,12H2,(H2,23,28)(H,24,29)/t19-/m0/s1. The number of primary amides is 1. The van der Waals surface area contributed by atoms with Crippen molar-refractivity contribution in [2.45, 2.75) is 56.7 Å². The second-order valence-electron chi connectivity index (χ2n) is 8.17. The van der Waals surface area contributed by atoms with Crippen molar-refractivity contribution in [2.75, 3.05) is 30.0 Å². The molecule has 9 heteroatoms. The van der Waals surface area contributed by atoms with Crippen molar-refractivity contribution in [1.29, 1.82) is 0 Å². The van der Waals surface area contributed by atoms with Gasteiger partial charge in [-0.25, -0.2) is 4.39 Å². The Hall–Kier alpha value is -2.52. The van der Waals surface area contributed by atoms with Crippen LogP contribution in [0.2, 0.25) is 0 Å². The first-order chi connectivity index (χ1) is 14.5. The number of ether oxygens (including phenoxy) is 1. The zero-order chi connectivity index (χ0) is 21.3. The van der Waals surface area contributed by atoms with Gasteiger partial charge in [0, 0.05) is 24.3 Å². The van der Waals surface area contributed by atoms with E-state index in [2.05, 4.69) is 5.32 Å². The van der Waals surface area contributed by atoms with Gasteiger partial charge < -0.3 is 20.7 Å². The number of nitrogens with two attached hydrogens (primary N) is 1. The number of nitrogens with zero attached hydrogens (tertiary/aromatic N) is 2. The molecule has 3 aliphatic rings. The van der Waals surface area contributed by atoms with Crippen LogP contribution in [0.3, 0.4) is 0 Å². The van der Waals surface area contributed by atoms with E-state index in [1.54, 1.807) is 0 Å². The average molecular weight is 418 g/mol. The number of carbonyl (C=O) groups is 3. The molecule has 8 nitrogen and oxygen atoms in total. The van der Waals surface area contributed by atoms with Crippen molar-refractivity contribution >= 4 is 29.1 Å². The van der Waals surface area contributed by atoms with Gasteiger partial charge in [0.1, 0.15) is 12.4 Å². The van der Waals surface area contributed by atoms with E-state index in [0.29, 0.717) is 6.61 Å². The highest BCUT2D eigenvalue weighted by Crippen LogP contribution is 2.35. The van der Waals surface area contributed by atoms with E-state index in [1.165, 1.54) is 17.0 Å². The summed E-state index contributed by atoms with van der Waals surface area (Å²) < 4.78 is 19.7. The van der Waals surface area contributed by atoms with Crippen molar-refractivity contribution in [1.82, 2.24) is 4.90 Å². The number of carbonyl (C=O) groups excluding carboxylic acids is 3. The monoisotopic (exact) mass is 418 g/mol. The fraction of sp³-hybridized carbons (Fsp3) is 0.571. The van der Waals surface area contributed by atoms with Gasteiger partial charge in [0.05, 0.1) is 12.3 Å². The molecule has 3 N–H and O–H groups in total. The maximum atomic E-state index is 14.7. The first kappa shape index (κ1) is 20.7. The fourth-order valence-electron chi connectivity index (χ4n) is 4.29. The Balaban J connectivity index is 1.50. The number of anilines is 2. The normalized spacial score (nSPS) is 21.1. The van der Waals surface area contributed by atoms with Crippen molar-refractivity contribution in [3.8, 4) is 0 Å². The Labute approximate surface area is 174 Å². The van der Waals surface area contributed by atoms with Gasteiger partial charge in [-0.3, -0.25) is 19.3 Å². The molecule has 3 fully saturated rings. The topological polar surface area (TPSA) is 105 Å². The number of hydrogen-bond donors (Lipinski definition) is 2. The number of hydrogen-bond acceptors (Lipinski definition) is 5. The number of amides is 3. The van der Waals surface area contributed by atoms with Crippen molar-refractivity contribution in [2.24, 2.45) is 5.73 Å². The van der Waals surface area contributed by atoms with Crippen LogP contribution in [0.25, 0.3) is 0 Å². The number of halogens is 1. The number of nitrogens with one attached hydrogen (secondary N) is 1. The summed E-state index contributed by atoms with van der Waals surface area (Å²) in [4.78, 5) is 40.4. The molecule has 3 amide bonds. The second-order valence-corrected chi connectivity index (χ2v) is 8.17. The van der Waals surface area contributed by atoms with Gasteiger partial charge in [-0.2, -0.15) is 0 Å². The van der Waals surface area contributed by atoms with Crippen molar-refractivity contribution in [3.05, 3.63) is 24.0 Å². The quantitative estimate of drug-likeness (QED) is 0.651. The molecule has 1 aromatic carbocycles. The summed E-state index contributed by atoms with van der Waals surface area (Å²) in [6, 6.07) is 3.42. The van der Waals surface area contributed by atoms with Crippen molar-refractivity contribution < 1.29 is 23.5 Å². The molecule has 0 radical (unpaired) electrons. The molecule has 1 aliphatic heterocycles. The molecule has 1 heterocycles. The van der Waals surface area contributed by atoms with Crippen molar-refractivity contribution in [3.63, 3.8) is 0 Å². The van der Waals surface area contributed by atoms with Crippen LogP contribution in [0, 0.1) is 5.82 Å². The van der Waals surface area contributed by atoms with Gasteiger partial charge in [-0.05, 0) is 43.9 Å².